The van der Waals surface area contributed by atoms with Gasteiger partial charge in [-0.2, -0.15) is 0 Å². The molecule has 0 saturated carbocycles. The number of carbonyl (C=O) groups excluding carboxylic acids is 3. The van der Waals surface area contributed by atoms with E-state index >= 15 is 0 Å². The third-order valence-corrected chi connectivity index (χ3v) is 6.80. The zero-order valence-electron chi connectivity index (χ0n) is 20.4. The Hall–Kier alpha value is -4.27. The SMILES string of the molecule is CCc1ccc(N2C(=O)/C(=C/c3cn(CC(=O)Nc4ccc(Cl)cc4)c4ccccc34)C(=O)NC2=S)cc1. The highest BCUT2D eigenvalue weighted by atomic mass is 35.5. The molecule has 0 bridgehead atoms. The summed E-state index contributed by atoms with van der Waals surface area (Å²) in [4.78, 5) is 40.4. The molecule has 3 amide bonds. The van der Waals surface area contributed by atoms with E-state index in [4.69, 9.17) is 23.8 Å². The number of fused-ring (bicyclic) bond motifs is 1. The largest absolute Gasteiger partial charge is 0.337 e. The van der Waals surface area contributed by atoms with Gasteiger partial charge in [-0.25, -0.2) is 0 Å². The molecular weight excluding hydrogens is 520 g/mol. The Morgan fingerprint density at radius 2 is 1.74 bits per heavy atom. The van der Waals surface area contributed by atoms with E-state index in [1.54, 1.807) is 41.1 Å². The van der Waals surface area contributed by atoms with E-state index in [0.29, 0.717) is 22.0 Å². The van der Waals surface area contributed by atoms with Crippen LogP contribution in [-0.2, 0) is 27.3 Å². The second-order valence-electron chi connectivity index (χ2n) is 8.76. The lowest BCUT2D eigenvalue weighted by Gasteiger charge is -2.29. The lowest BCUT2D eigenvalue weighted by molar-refractivity contribution is -0.122. The first kappa shape index (κ1) is 25.4. The van der Waals surface area contributed by atoms with Crippen LogP contribution in [0.4, 0.5) is 11.4 Å². The summed E-state index contributed by atoms with van der Waals surface area (Å²) in [6.07, 6.45) is 4.16. The first-order chi connectivity index (χ1) is 18.3. The van der Waals surface area contributed by atoms with Gasteiger partial charge in [0.1, 0.15) is 12.1 Å². The number of benzene rings is 3. The molecule has 0 spiro atoms. The summed E-state index contributed by atoms with van der Waals surface area (Å²) in [5.74, 6) is -1.31. The van der Waals surface area contributed by atoms with Crippen molar-refractivity contribution in [1.29, 1.82) is 0 Å². The van der Waals surface area contributed by atoms with Crippen LogP contribution in [0.15, 0.2) is 84.6 Å². The molecule has 5 rings (SSSR count). The topological polar surface area (TPSA) is 83.4 Å². The summed E-state index contributed by atoms with van der Waals surface area (Å²) < 4.78 is 1.78. The zero-order chi connectivity index (χ0) is 26.8. The van der Waals surface area contributed by atoms with Crippen molar-refractivity contribution in [3.8, 4) is 0 Å². The smallest absolute Gasteiger partial charge is 0.270 e. The number of thiocarbonyl (C=S) groups is 1. The van der Waals surface area contributed by atoms with Crippen molar-refractivity contribution in [2.75, 3.05) is 10.2 Å². The molecule has 1 fully saturated rings. The highest BCUT2D eigenvalue weighted by molar-refractivity contribution is 7.80. The molecule has 9 heteroatoms. The van der Waals surface area contributed by atoms with E-state index in [1.165, 1.54) is 4.90 Å². The number of para-hydroxylation sites is 1. The summed E-state index contributed by atoms with van der Waals surface area (Å²) in [6, 6.07) is 21.8. The molecule has 3 aromatic carbocycles. The van der Waals surface area contributed by atoms with Gasteiger partial charge in [0.05, 0.1) is 5.69 Å². The van der Waals surface area contributed by atoms with Crippen LogP contribution < -0.4 is 15.5 Å². The van der Waals surface area contributed by atoms with Gasteiger partial charge in [0.15, 0.2) is 5.11 Å². The predicted molar refractivity (Wildman–Crippen MR) is 154 cm³/mol. The van der Waals surface area contributed by atoms with Crippen molar-refractivity contribution in [1.82, 2.24) is 9.88 Å². The predicted octanol–water partition coefficient (Wildman–Crippen LogP) is 5.33. The minimum Gasteiger partial charge on any atom is -0.337 e. The van der Waals surface area contributed by atoms with Gasteiger partial charge in [-0.1, -0.05) is 48.9 Å². The molecule has 38 heavy (non-hydrogen) atoms. The van der Waals surface area contributed by atoms with Crippen LogP contribution in [0.2, 0.25) is 5.02 Å². The Kier molecular flexibility index (Phi) is 7.09. The quantitative estimate of drug-likeness (QED) is 0.196. The number of anilines is 2. The van der Waals surface area contributed by atoms with E-state index in [2.05, 4.69) is 10.6 Å². The molecule has 4 aromatic rings. The standard InChI is InChI=1S/C29H23ClN4O3S/c1-2-18-7-13-22(14-8-18)34-28(37)24(27(36)32-29(34)38)15-19-16-33(25-6-4-3-5-23(19)25)17-26(35)31-21-11-9-20(30)10-12-21/h3-16H,2,17H2,1H3,(H,31,35)(H,32,36,38)/b24-15+. The van der Waals surface area contributed by atoms with Crippen LogP contribution in [0, 0.1) is 0 Å². The fraction of sp³-hybridized carbons (Fsp3) is 0.103. The lowest BCUT2D eigenvalue weighted by Crippen LogP contribution is -2.54. The molecule has 7 nitrogen and oxygen atoms in total. The average Bonchev–Trinajstić information content (AvgIpc) is 3.25. The number of nitrogens with zero attached hydrogens (tertiary/aromatic N) is 2. The van der Waals surface area contributed by atoms with Crippen molar-refractivity contribution in [3.63, 3.8) is 0 Å². The normalized spacial score (nSPS) is 14.7. The fourth-order valence-corrected chi connectivity index (χ4v) is 4.74. The molecule has 2 heterocycles. The molecule has 0 unspecified atom stereocenters. The van der Waals surface area contributed by atoms with Crippen LogP contribution in [0.3, 0.4) is 0 Å². The molecule has 1 saturated heterocycles. The van der Waals surface area contributed by atoms with Gasteiger partial charge in [-0.05, 0) is 72.7 Å². The number of nitrogens with one attached hydrogen (secondary N) is 2. The second kappa shape index (κ2) is 10.6. The maximum absolute atomic E-state index is 13.5. The van der Waals surface area contributed by atoms with Crippen LogP contribution >= 0.6 is 23.8 Å². The van der Waals surface area contributed by atoms with E-state index in [0.717, 1.165) is 22.9 Å². The van der Waals surface area contributed by atoms with Crippen molar-refractivity contribution in [2.24, 2.45) is 0 Å². The third kappa shape index (κ3) is 5.09. The molecule has 1 aromatic heterocycles. The molecule has 190 valence electrons. The maximum Gasteiger partial charge on any atom is 0.270 e. The molecule has 0 aliphatic carbocycles. The van der Waals surface area contributed by atoms with Gasteiger partial charge in [0.2, 0.25) is 5.91 Å². The summed E-state index contributed by atoms with van der Waals surface area (Å²) in [5.41, 5.74) is 3.70. The van der Waals surface area contributed by atoms with Crippen molar-refractivity contribution in [2.45, 2.75) is 19.9 Å². The zero-order valence-corrected chi connectivity index (χ0v) is 22.0. The van der Waals surface area contributed by atoms with Gasteiger partial charge >= 0.3 is 0 Å². The number of hydrogen-bond acceptors (Lipinski definition) is 4. The highest BCUT2D eigenvalue weighted by Crippen LogP contribution is 2.27. The van der Waals surface area contributed by atoms with Crippen LogP contribution in [0.25, 0.3) is 17.0 Å². The van der Waals surface area contributed by atoms with Gasteiger partial charge in [-0.3, -0.25) is 24.6 Å². The molecule has 0 radical (unpaired) electrons. The average molecular weight is 543 g/mol. The third-order valence-electron chi connectivity index (χ3n) is 6.27. The first-order valence-electron chi connectivity index (χ1n) is 12.0. The minimum atomic E-state index is -0.571. The molecule has 1 aliphatic rings. The van der Waals surface area contributed by atoms with E-state index in [1.807, 2.05) is 55.5 Å². The molecule has 0 atom stereocenters. The number of amides is 3. The van der Waals surface area contributed by atoms with E-state index in [9.17, 15) is 14.4 Å². The number of aromatic nitrogens is 1. The summed E-state index contributed by atoms with van der Waals surface area (Å²) in [5, 5.41) is 6.88. The van der Waals surface area contributed by atoms with Gasteiger partial charge in [-0.15, -0.1) is 0 Å². The number of carbonyl (C=O) groups is 3. The monoisotopic (exact) mass is 542 g/mol. The Bertz CT molecular complexity index is 1610. The van der Waals surface area contributed by atoms with Gasteiger partial charge in [0.25, 0.3) is 11.8 Å². The van der Waals surface area contributed by atoms with Crippen molar-refractivity contribution >= 4 is 75.0 Å². The molecule has 1 aliphatic heterocycles. The number of rotatable bonds is 6. The highest BCUT2D eigenvalue weighted by Gasteiger charge is 2.34. The Morgan fingerprint density at radius 3 is 2.45 bits per heavy atom. The summed E-state index contributed by atoms with van der Waals surface area (Å²) in [6.45, 7) is 2.08. The number of hydrogen-bond donors (Lipinski definition) is 2. The van der Waals surface area contributed by atoms with Crippen molar-refractivity contribution < 1.29 is 14.4 Å². The number of halogens is 1. The van der Waals surface area contributed by atoms with Crippen LogP contribution in [0.5, 0.6) is 0 Å². The first-order valence-corrected chi connectivity index (χ1v) is 12.8. The number of aryl methyl sites for hydroxylation is 1. The van der Waals surface area contributed by atoms with Gasteiger partial charge in [0, 0.05) is 33.4 Å². The summed E-state index contributed by atoms with van der Waals surface area (Å²) in [7, 11) is 0. The molecular formula is C29H23ClN4O3S. The maximum atomic E-state index is 13.5. The molecule has 2 N–H and O–H groups in total. The van der Waals surface area contributed by atoms with E-state index in [-0.39, 0.29) is 23.1 Å². The van der Waals surface area contributed by atoms with Gasteiger partial charge < -0.3 is 9.88 Å². The van der Waals surface area contributed by atoms with Crippen LogP contribution in [0.1, 0.15) is 18.1 Å². The minimum absolute atomic E-state index is 0.0303. The Balaban J connectivity index is 1.46. The van der Waals surface area contributed by atoms with E-state index < -0.39 is 11.8 Å². The summed E-state index contributed by atoms with van der Waals surface area (Å²) >= 11 is 11.2. The fourth-order valence-electron chi connectivity index (χ4n) is 4.34. The second-order valence-corrected chi connectivity index (χ2v) is 9.59. The van der Waals surface area contributed by atoms with Crippen molar-refractivity contribution in [3.05, 3.63) is 101 Å². The van der Waals surface area contributed by atoms with Crippen LogP contribution in [-0.4, -0.2) is 27.4 Å². The Morgan fingerprint density at radius 1 is 1.03 bits per heavy atom. The Labute approximate surface area is 229 Å². The lowest BCUT2D eigenvalue weighted by atomic mass is 10.1.